The van der Waals surface area contributed by atoms with Crippen molar-refractivity contribution < 1.29 is 19.2 Å². The van der Waals surface area contributed by atoms with Crippen LogP contribution in [-0.4, -0.2) is 22.8 Å². The lowest BCUT2D eigenvalue weighted by molar-refractivity contribution is -0.386. The van der Waals surface area contributed by atoms with E-state index in [0.717, 1.165) is 5.01 Å². The van der Waals surface area contributed by atoms with Crippen molar-refractivity contribution in [2.75, 3.05) is 5.01 Å². The summed E-state index contributed by atoms with van der Waals surface area (Å²) in [5.74, 6) is -1.10. The van der Waals surface area contributed by atoms with Crippen molar-refractivity contribution in [1.29, 1.82) is 0 Å². The van der Waals surface area contributed by atoms with Gasteiger partial charge in [-0.3, -0.25) is 25.1 Å². The quantitative estimate of drug-likeness (QED) is 0.358. The first-order chi connectivity index (χ1) is 13.4. The first kappa shape index (κ1) is 19.1. The summed E-state index contributed by atoms with van der Waals surface area (Å²) in [6.07, 6.45) is 1.70. The molecule has 0 aromatic heterocycles. The average Bonchev–Trinajstić information content (AvgIpc) is 2.97. The molecule has 1 atom stereocenters. The highest BCUT2D eigenvalue weighted by Gasteiger charge is 2.35. The number of nitro benzene ring substituents is 1. The highest BCUT2D eigenvalue weighted by atomic mass is 16.6. The Balaban J connectivity index is 2.03. The molecule has 2 aromatic carbocycles. The molecule has 28 heavy (non-hydrogen) atoms. The number of benzene rings is 2. The molecule has 0 bridgehead atoms. The van der Waals surface area contributed by atoms with Gasteiger partial charge in [-0.25, -0.2) is 5.01 Å². The number of carbonyl (C=O) groups is 2. The number of hydrogen-bond acceptors (Lipinski definition) is 5. The molecule has 1 aliphatic heterocycles. The van der Waals surface area contributed by atoms with Crippen molar-refractivity contribution in [3.8, 4) is 5.75 Å². The summed E-state index contributed by atoms with van der Waals surface area (Å²) in [4.78, 5) is 35.9. The van der Waals surface area contributed by atoms with Crippen molar-refractivity contribution in [3.05, 3.63) is 69.8 Å². The molecular weight excluding hydrogens is 362 g/mol. The fourth-order valence-electron chi connectivity index (χ4n) is 2.68. The van der Waals surface area contributed by atoms with Crippen LogP contribution in [0.4, 0.5) is 11.4 Å². The van der Waals surface area contributed by atoms with E-state index < -0.39 is 16.7 Å². The predicted octanol–water partition coefficient (Wildman–Crippen LogP) is 3.23. The van der Waals surface area contributed by atoms with Gasteiger partial charge < -0.3 is 4.74 Å². The first-order valence-electron chi connectivity index (χ1n) is 8.78. The molecular formula is C20H19N3O5. The molecule has 0 spiro atoms. The highest BCUT2D eigenvalue weighted by Crippen LogP contribution is 2.34. The summed E-state index contributed by atoms with van der Waals surface area (Å²) in [6.45, 7) is 3.68. The van der Waals surface area contributed by atoms with Crippen molar-refractivity contribution in [2.45, 2.75) is 26.4 Å². The first-order valence-corrected chi connectivity index (χ1v) is 8.78. The minimum atomic E-state index is -0.588. The smallest absolute Gasteiger partial charge is 0.311 e. The second-order valence-corrected chi connectivity index (χ2v) is 6.26. The van der Waals surface area contributed by atoms with E-state index in [-0.39, 0.29) is 23.1 Å². The zero-order chi connectivity index (χ0) is 20.3. The summed E-state index contributed by atoms with van der Waals surface area (Å²) in [5.41, 5.74) is 2.96. The van der Waals surface area contributed by atoms with E-state index in [0.29, 0.717) is 17.7 Å². The number of para-hydroxylation sites is 2. The molecule has 1 aliphatic rings. The molecule has 1 saturated heterocycles. The standard InChI is InChI=1S/C20H19N3O5/c1-3-13(2)28-18-14(8-7-11-17(18)23(26)27)12-16-19(24)21-22(20(16)25)15-9-5-4-6-10-15/h4-13H,3H2,1-2H3,(H,21,24)/b16-12-/t13-/m1/s1. The molecule has 2 amide bonds. The van der Waals surface area contributed by atoms with E-state index in [1.165, 1.54) is 18.2 Å². The SMILES string of the molecule is CC[C@@H](C)Oc1c(/C=C2/C(=O)NN(c3ccccc3)C2=O)cccc1[N+](=O)[O-]. The van der Waals surface area contributed by atoms with Crippen molar-refractivity contribution in [3.63, 3.8) is 0 Å². The number of amides is 2. The maximum atomic E-state index is 12.7. The molecule has 0 radical (unpaired) electrons. The Labute approximate surface area is 161 Å². The van der Waals surface area contributed by atoms with Crippen LogP contribution in [0.2, 0.25) is 0 Å². The van der Waals surface area contributed by atoms with Gasteiger partial charge in [0, 0.05) is 11.6 Å². The lowest BCUT2D eigenvalue weighted by Crippen LogP contribution is -2.35. The maximum absolute atomic E-state index is 12.7. The predicted molar refractivity (Wildman–Crippen MR) is 104 cm³/mol. The summed E-state index contributed by atoms with van der Waals surface area (Å²) in [7, 11) is 0. The number of nitrogens with one attached hydrogen (secondary N) is 1. The van der Waals surface area contributed by atoms with Crippen LogP contribution in [0.25, 0.3) is 6.08 Å². The van der Waals surface area contributed by atoms with Gasteiger partial charge in [0.15, 0.2) is 0 Å². The van der Waals surface area contributed by atoms with Crippen LogP contribution in [0.1, 0.15) is 25.8 Å². The van der Waals surface area contributed by atoms with E-state index in [1.807, 2.05) is 6.92 Å². The third kappa shape index (κ3) is 3.71. The molecule has 0 saturated carbocycles. The number of nitro groups is 1. The molecule has 1 heterocycles. The monoisotopic (exact) mass is 381 g/mol. The molecule has 3 rings (SSSR count). The Hall–Kier alpha value is -3.68. The fraction of sp³-hybridized carbons (Fsp3) is 0.200. The van der Waals surface area contributed by atoms with Crippen LogP contribution < -0.4 is 15.2 Å². The van der Waals surface area contributed by atoms with Gasteiger partial charge in [-0.1, -0.05) is 37.3 Å². The Morgan fingerprint density at radius 1 is 1.18 bits per heavy atom. The normalized spacial score (nSPS) is 16.2. The van der Waals surface area contributed by atoms with Gasteiger partial charge in [-0.2, -0.15) is 0 Å². The Kier molecular flexibility index (Phi) is 5.39. The van der Waals surface area contributed by atoms with Crippen molar-refractivity contribution >= 4 is 29.3 Å². The number of rotatable bonds is 6. The van der Waals surface area contributed by atoms with Gasteiger partial charge in [0.05, 0.1) is 16.7 Å². The second kappa shape index (κ2) is 7.91. The van der Waals surface area contributed by atoms with E-state index in [9.17, 15) is 19.7 Å². The molecule has 144 valence electrons. The van der Waals surface area contributed by atoms with Gasteiger partial charge in [-0.05, 0) is 31.6 Å². The third-order valence-electron chi connectivity index (χ3n) is 4.32. The van der Waals surface area contributed by atoms with Crippen LogP contribution >= 0.6 is 0 Å². The summed E-state index contributed by atoms with van der Waals surface area (Å²) >= 11 is 0. The summed E-state index contributed by atoms with van der Waals surface area (Å²) in [6, 6.07) is 13.0. The van der Waals surface area contributed by atoms with Crippen LogP contribution in [0.3, 0.4) is 0 Å². The lowest BCUT2D eigenvalue weighted by atomic mass is 10.1. The van der Waals surface area contributed by atoms with Crippen LogP contribution in [0, 0.1) is 10.1 Å². The summed E-state index contributed by atoms with van der Waals surface area (Å²) in [5, 5.41) is 12.5. The minimum Gasteiger partial charge on any atom is -0.483 e. The molecule has 8 nitrogen and oxygen atoms in total. The largest absolute Gasteiger partial charge is 0.483 e. The number of nitrogens with zero attached hydrogens (tertiary/aromatic N) is 2. The summed E-state index contributed by atoms with van der Waals surface area (Å²) < 4.78 is 5.74. The van der Waals surface area contributed by atoms with E-state index in [4.69, 9.17) is 4.74 Å². The zero-order valence-electron chi connectivity index (χ0n) is 15.4. The number of hydrogen-bond donors (Lipinski definition) is 1. The molecule has 0 aliphatic carbocycles. The molecule has 8 heteroatoms. The molecule has 1 fully saturated rings. The van der Waals surface area contributed by atoms with Crippen molar-refractivity contribution in [1.82, 2.24) is 5.43 Å². The van der Waals surface area contributed by atoms with Gasteiger partial charge >= 0.3 is 5.69 Å². The topological polar surface area (TPSA) is 102 Å². The molecule has 0 unspecified atom stereocenters. The number of ether oxygens (including phenoxy) is 1. The Morgan fingerprint density at radius 2 is 1.89 bits per heavy atom. The Morgan fingerprint density at radius 3 is 2.54 bits per heavy atom. The fourth-order valence-corrected chi connectivity index (χ4v) is 2.68. The minimum absolute atomic E-state index is 0.0353. The Bertz CT molecular complexity index is 956. The molecule has 2 aromatic rings. The number of anilines is 1. The lowest BCUT2D eigenvalue weighted by Gasteiger charge is -2.15. The van der Waals surface area contributed by atoms with Crippen LogP contribution in [0.15, 0.2) is 54.1 Å². The second-order valence-electron chi connectivity index (χ2n) is 6.26. The van der Waals surface area contributed by atoms with Crippen LogP contribution in [-0.2, 0) is 9.59 Å². The number of hydrazine groups is 1. The van der Waals surface area contributed by atoms with Crippen molar-refractivity contribution in [2.24, 2.45) is 0 Å². The van der Waals surface area contributed by atoms with E-state index in [1.54, 1.807) is 43.3 Å². The van der Waals surface area contributed by atoms with Gasteiger partial charge in [0.1, 0.15) is 5.57 Å². The van der Waals surface area contributed by atoms with Gasteiger partial charge in [0.2, 0.25) is 5.75 Å². The average molecular weight is 381 g/mol. The van der Waals surface area contributed by atoms with Crippen LogP contribution in [0.5, 0.6) is 5.75 Å². The zero-order valence-corrected chi connectivity index (χ0v) is 15.4. The number of carbonyl (C=O) groups excluding carboxylic acids is 2. The third-order valence-corrected chi connectivity index (χ3v) is 4.32. The van der Waals surface area contributed by atoms with Gasteiger partial charge in [-0.15, -0.1) is 0 Å². The maximum Gasteiger partial charge on any atom is 0.311 e. The van der Waals surface area contributed by atoms with E-state index in [2.05, 4.69) is 5.43 Å². The highest BCUT2D eigenvalue weighted by molar-refractivity contribution is 6.31. The van der Waals surface area contributed by atoms with E-state index >= 15 is 0 Å². The molecule has 1 N–H and O–H groups in total. The van der Waals surface area contributed by atoms with Gasteiger partial charge in [0.25, 0.3) is 11.8 Å².